The molecule has 2 heterocycles. The molecule has 0 N–H and O–H groups in total. The number of halogens is 1. The summed E-state index contributed by atoms with van der Waals surface area (Å²) < 4.78 is 20.2. The Bertz CT molecular complexity index is 746. The Morgan fingerprint density at radius 2 is 2.15 bits per heavy atom. The zero-order valence-electron chi connectivity index (χ0n) is 10.6. The molecule has 0 spiro atoms. The summed E-state index contributed by atoms with van der Waals surface area (Å²) in [6.45, 7) is 0. The van der Waals surface area contributed by atoms with Crippen LogP contribution in [0.1, 0.15) is 11.1 Å². The molecule has 1 aliphatic heterocycles. The van der Waals surface area contributed by atoms with Crippen molar-refractivity contribution in [2.45, 2.75) is 0 Å². The van der Waals surface area contributed by atoms with Gasteiger partial charge < -0.3 is 4.74 Å². The summed E-state index contributed by atoms with van der Waals surface area (Å²) in [5, 5.41) is 3.99. The molecule has 0 aliphatic carbocycles. The number of esters is 1. The van der Waals surface area contributed by atoms with Crippen LogP contribution in [-0.4, -0.2) is 21.6 Å². The van der Waals surface area contributed by atoms with Crippen LogP contribution in [0, 0.1) is 5.82 Å². The van der Waals surface area contributed by atoms with Crippen LogP contribution in [0.4, 0.5) is 4.39 Å². The van der Waals surface area contributed by atoms with Gasteiger partial charge in [0, 0.05) is 18.8 Å². The fourth-order valence-electron chi connectivity index (χ4n) is 1.83. The van der Waals surface area contributed by atoms with Crippen molar-refractivity contribution in [3.8, 4) is 0 Å². The molecule has 0 saturated heterocycles. The molecule has 100 valence electrons. The minimum atomic E-state index is -0.605. The third kappa shape index (κ3) is 2.23. The van der Waals surface area contributed by atoms with Gasteiger partial charge in [0.1, 0.15) is 5.82 Å². The summed E-state index contributed by atoms with van der Waals surface area (Å²) in [5.41, 5.74) is 1.00. The van der Waals surface area contributed by atoms with Gasteiger partial charge in [-0.3, -0.25) is 4.68 Å². The number of carbonyl (C=O) groups excluding carboxylic acids is 1. The number of ether oxygens (including phenoxy) is 1. The molecule has 1 aromatic heterocycles. The lowest BCUT2D eigenvalue weighted by Gasteiger charge is -1.99. The third-order valence-corrected chi connectivity index (χ3v) is 2.75. The van der Waals surface area contributed by atoms with E-state index in [4.69, 9.17) is 4.74 Å². The first-order chi connectivity index (χ1) is 9.63. The van der Waals surface area contributed by atoms with Gasteiger partial charge in [0.15, 0.2) is 5.70 Å². The van der Waals surface area contributed by atoms with E-state index in [-0.39, 0.29) is 17.2 Å². The molecular formula is C14H10FN3O2. The summed E-state index contributed by atoms with van der Waals surface area (Å²) in [7, 11) is 1.77. The van der Waals surface area contributed by atoms with E-state index >= 15 is 0 Å². The predicted molar refractivity (Wildman–Crippen MR) is 70.2 cm³/mol. The van der Waals surface area contributed by atoms with Crippen molar-refractivity contribution in [2.24, 2.45) is 12.0 Å². The Morgan fingerprint density at radius 3 is 2.85 bits per heavy atom. The van der Waals surface area contributed by atoms with Crippen LogP contribution in [-0.2, 0) is 16.6 Å². The summed E-state index contributed by atoms with van der Waals surface area (Å²) >= 11 is 0. The van der Waals surface area contributed by atoms with E-state index in [1.807, 2.05) is 0 Å². The van der Waals surface area contributed by atoms with Crippen molar-refractivity contribution >= 4 is 17.9 Å². The average Bonchev–Trinajstić information content (AvgIpc) is 2.98. The predicted octanol–water partition coefficient (Wildman–Crippen LogP) is 1.90. The van der Waals surface area contributed by atoms with E-state index in [9.17, 15) is 9.18 Å². The molecular weight excluding hydrogens is 261 g/mol. The van der Waals surface area contributed by atoms with Crippen LogP contribution in [0.15, 0.2) is 47.3 Å². The molecule has 6 heteroatoms. The molecule has 0 bridgehead atoms. The van der Waals surface area contributed by atoms with Gasteiger partial charge in [-0.15, -0.1) is 0 Å². The lowest BCUT2D eigenvalue weighted by atomic mass is 10.2. The van der Waals surface area contributed by atoms with E-state index in [0.717, 1.165) is 5.56 Å². The number of hydrogen-bond acceptors (Lipinski definition) is 4. The minimum absolute atomic E-state index is 0.0248. The third-order valence-electron chi connectivity index (χ3n) is 2.75. The first kappa shape index (κ1) is 12.3. The Balaban J connectivity index is 1.97. The van der Waals surface area contributed by atoms with Crippen molar-refractivity contribution in [1.29, 1.82) is 0 Å². The largest absolute Gasteiger partial charge is 0.402 e. The monoisotopic (exact) mass is 271 g/mol. The lowest BCUT2D eigenvalue weighted by molar-refractivity contribution is -0.129. The number of aliphatic imine (C=N–C) groups is 1. The lowest BCUT2D eigenvalue weighted by Crippen LogP contribution is -2.07. The maximum Gasteiger partial charge on any atom is 0.363 e. The molecule has 0 unspecified atom stereocenters. The SMILES string of the molecule is Cn1cc(C=C2N=C(c3ccccc3F)OC2=O)cn1. The molecule has 0 saturated carbocycles. The molecule has 3 rings (SSSR count). The standard InChI is InChI=1S/C14H10FN3O2/c1-18-8-9(7-16-18)6-12-14(19)20-13(17-12)10-4-2-3-5-11(10)15/h2-8H,1H3. The molecule has 0 radical (unpaired) electrons. The number of nitrogens with zero attached hydrogens (tertiary/aromatic N) is 3. The zero-order chi connectivity index (χ0) is 14.1. The Morgan fingerprint density at radius 1 is 1.35 bits per heavy atom. The number of cyclic esters (lactones) is 1. The maximum absolute atomic E-state index is 13.6. The van der Waals surface area contributed by atoms with Gasteiger partial charge in [-0.2, -0.15) is 5.10 Å². The maximum atomic E-state index is 13.6. The number of rotatable bonds is 2. The topological polar surface area (TPSA) is 56.5 Å². The molecule has 20 heavy (non-hydrogen) atoms. The Labute approximate surface area is 114 Å². The van der Waals surface area contributed by atoms with Crippen LogP contribution >= 0.6 is 0 Å². The van der Waals surface area contributed by atoms with Crippen LogP contribution in [0.2, 0.25) is 0 Å². The highest BCUT2D eigenvalue weighted by molar-refractivity contribution is 6.12. The van der Waals surface area contributed by atoms with E-state index in [0.29, 0.717) is 0 Å². The van der Waals surface area contributed by atoms with Crippen molar-refractivity contribution in [1.82, 2.24) is 9.78 Å². The summed E-state index contributed by atoms with van der Waals surface area (Å²) in [4.78, 5) is 15.8. The van der Waals surface area contributed by atoms with Gasteiger partial charge in [-0.1, -0.05) is 12.1 Å². The second-order valence-electron chi connectivity index (χ2n) is 4.26. The zero-order valence-corrected chi connectivity index (χ0v) is 10.6. The van der Waals surface area contributed by atoms with Crippen LogP contribution in [0.25, 0.3) is 6.08 Å². The molecule has 5 nitrogen and oxygen atoms in total. The van der Waals surface area contributed by atoms with Gasteiger partial charge in [0.2, 0.25) is 5.90 Å². The first-order valence-electron chi connectivity index (χ1n) is 5.89. The van der Waals surface area contributed by atoms with Gasteiger partial charge in [0.05, 0.1) is 11.8 Å². The fraction of sp³-hybridized carbons (Fsp3) is 0.0714. The molecule has 0 atom stereocenters. The second-order valence-corrected chi connectivity index (χ2v) is 4.26. The van der Waals surface area contributed by atoms with E-state index in [2.05, 4.69) is 10.1 Å². The van der Waals surface area contributed by atoms with E-state index < -0.39 is 11.8 Å². The van der Waals surface area contributed by atoms with Crippen molar-refractivity contribution in [2.75, 3.05) is 0 Å². The molecule has 1 aliphatic rings. The number of benzene rings is 1. The van der Waals surface area contributed by atoms with Gasteiger partial charge in [-0.25, -0.2) is 14.2 Å². The molecule has 0 fully saturated rings. The minimum Gasteiger partial charge on any atom is -0.402 e. The summed E-state index contributed by atoms with van der Waals surface area (Å²) in [5.74, 6) is -1.11. The number of hydrogen-bond donors (Lipinski definition) is 0. The fourth-order valence-corrected chi connectivity index (χ4v) is 1.83. The van der Waals surface area contributed by atoms with Gasteiger partial charge >= 0.3 is 5.97 Å². The average molecular weight is 271 g/mol. The van der Waals surface area contributed by atoms with E-state index in [1.54, 1.807) is 42.3 Å². The van der Waals surface area contributed by atoms with E-state index in [1.165, 1.54) is 12.1 Å². The van der Waals surface area contributed by atoms with Crippen LogP contribution in [0.5, 0.6) is 0 Å². The smallest absolute Gasteiger partial charge is 0.363 e. The molecule has 2 aromatic rings. The molecule has 1 aromatic carbocycles. The van der Waals surface area contributed by atoms with Crippen molar-refractivity contribution in [3.05, 3.63) is 59.3 Å². The number of aryl methyl sites for hydroxylation is 1. The highest BCUT2D eigenvalue weighted by Gasteiger charge is 2.25. The molecule has 0 amide bonds. The van der Waals surface area contributed by atoms with Crippen molar-refractivity contribution < 1.29 is 13.9 Å². The number of carbonyl (C=O) groups is 1. The normalized spacial score (nSPS) is 16.4. The van der Waals surface area contributed by atoms with Crippen molar-refractivity contribution in [3.63, 3.8) is 0 Å². The summed E-state index contributed by atoms with van der Waals surface area (Å²) in [6, 6.07) is 6.00. The Hall–Kier alpha value is -2.76. The Kier molecular flexibility index (Phi) is 2.90. The van der Waals surface area contributed by atoms with Gasteiger partial charge in [0.25, 0.3) is 0 Å². The quantitative estimate of drug-likeness (QED) is 0.619. The van der Waals surface area contributed by atoms with Crippen LogP contribution < -0.4 is 0 Å². The first-order valence-corrected chi connectivity index (χ1v) is 5.89. The van der Waals surface area contributed by atoms with Gasteiger partial charge in [-0.05, 0) is 18.2 Å². The highest BCUT2D eigenvalue weighted by Crippen LogP contribution is 2.20. The van der Waals surface area contributed by atoms with Crippen LogP contribution in [0.3, 0.4) is 0 Å². The summed E-state index contributed by atoms with van der Waals surface area (Å²) in [6.07, 6.45) is 4.87. The highest BCUT2D eigenvalue weighted by atomic mass is 19.1. The second kappa shape index (κ2) is 4.73. The number of aromatic nitrogens is 2.